The van der Waals surface area contributed by atoms with Gasteiger partial charge in [-0.25, -0.2) is 10.2 Å². The molecule has 0 bridgehead atoms. The van der Waals surface area contributed by atoms with E-state index >= 15 is 0 Å². The fourth-order valence-electron chi connectivity index (χ4n) is 1.42. The molecule has 0 heterocycles. The van der Waals surface area contributed by atoms with Gasteiger partial charge in [0.1, 0.15) is 6.04 Å². The fraction of sp³-hybridized carbons (Fsp3) is 0.273. The summed E-state index contributed by atoms with van der Waals surface area (Å²) in [6, 6.07) is 8.28. The van der Waals surface area contributed by atoms with E-state index in [9.17, 15) is 9.59 Å². The average Bonchev–Trinajstić information content (AvgIpc) is 2.30. The lowest BCUT2D eigenvalue weighted by Gasteiger charge is -2.23. The molecule has 0 aromatic heterocycles. The number of carboxylic acids is 1. The molecule has 16 heavy (non-hydrogen) atoms. The third-order valence-electron chi connectivity index (χ3n) is 2.26. The second-order valence-electron chi connectivity index (χ2n) is 3.28. The maximum absolute atomic E-state index is 11.0. The van der Waals surface area contributed by atoms with Gasteiger partial charge in [0.05, 0.1) is 0 Å². The minimum atomic E-state index is -1.04. The van der Waals surface area contributed by atoms with Gasteiger partial charge in [0, 0.05) is 13.5 Å². The number of hydrazine groups is 1. The number of benzene rings is 1. The molecule has 1 atom stereocenters. The van der Waals surface area contributed by atoms with E-state index in [1.807, 2.05) is 30.3 Å². The zero-order chi connectivity index (χ0) is 12.0. The van der Waals surface area contributed by atoms with Crippen LogP contribution in [0.2, 0.25) is 0 Å². The van der Waals surface area contributed by atoms with E-state index in [2.05, 4.69) is 5.43 Å². The van der Waals surface area contributed by atoms with Crippen molar-refractivity contribution < 1.29 is 14.7 Å². The highest BCUT2D eigenvalue weighted by atomic mass is 16.4. The van der Waals surface area contributed by atoms with Gasteiger partial charge in [0.2, 0.25) is 6.41 Å². The van der Waals surface area contributed by atoms with Crippen molar-refractivity contribution >= 4 is 12.4 Å². The van der Waals surface area contributed by atoms with Crippen LogP contribution in [0.25, 0.3) is 0 Å². The van der Waals surface area contributed by atoms with E-state index < -0.39 is 12.0 Å². The fourth-order valence-corrected chi connectivity index (χ4v) is 1.42. The van der Waals surface area contributed by atoms with E-state index in [4.69, 9.17) is 5.11 Å². The second kappa shape index (κ2) is 5.87. The van der Waals surface area contributed by atoms with Gasteiger partial charge in [-0.05, 0) is 5.56 Å². The van der Waals surface area contributed by atoms with Crippen LogP contribution in [0, 0.1) is 0 Å². The highest BCUT2D eigenvalue weighted by molar-refractivity contribution is 5.76. The summed E-state index contributed by atoms with van der Waals surface area (Å²) < 4.78 is 0. The summed E-state index contributed by atoms with van der Waals surface area (Å²) in [4.78, 5) is 21.7. The van der Waals surface area contributed by atoms with Gasteiger partial charge >= 0.3 is 5.97 Å². The molecular weight excluding hydrogens is 208 g/mol. The number of carbonyl (C=O) groups excluding carboxylic acids is 1. The molecule has 1 amide bonds. The summed E-state index contributed by atoms with van der Waals surface area (Å²) >= 11 is 0. The first-order valence-corrected chi connectivity index (χ1v) is 4.86. The zero-order valence-electron chi connectivity index (χ0n) is 8.96. The molecule has 86 valence electrons. The molecule has 0 radical (unpaired) electrons. The summed E-state index contributed by atoms with van der Waals surface area (Å²) in [5.74, 6) is -1.04. The summed E-state index contributed by atoms with van der Waals surface area (Å²) in [5, 5.41) is 10.1. The summed E-state index contributed by atoms with van der Waals surface area (Å²) in [6.07, 6.45) is 0.748. The van der Waals surface area contributed by atoms with E-state index in [1.165, 1.54) is 7.05 Å². The minimum absolute atomic E-state index is 0.274. The van der Waals surface area contributed by atoms with Gasteiger partial charge < -0.3 is 5.11 Å². The van der Waals surface area contributed by atoms with Crippen LogP contribution in [-0.2, 0) is 16.0 Å². The lowest BCUT2D eigenvalue weighted by molar-refractivity contribution is -0.148. The lowest BCUT2D eigenvalue weighted by atomic mass is 10.1. The molecule has 1 aromatic carbocycles. The number of rotatable bonds is 6. The SMILES string of the molecule is CNN(C=O)[C@@H](Cc1ccccc1)C(=O)O. The topological polar surface area (TPSA) is 69.6 Å². The first kappa shape index (κ1) is 12.2. The first-order valence-electron chi connectivity index (χ1n) is 4.86. The Morgan fingerprint density at radius 2 is 2.12 bits per heavy atom. The molecule has 0 aliphatic rings. The number of amides is 1. The predicted octanol–water partition coefficient (Wildman–Crippen LogP) is 0.275. The van der Waals surface area contributed by atoms with Crippen molar-refractivity contribution in [1.82, 2.24) is 10.4 Å². The highest BCUT2D eigenvalue weighted by Gasteiger charge is 2.23. The van der Waals surface area contributed by atoms with Crippen LogP contribution in [0.5, 0.6) is 0 Å². The lowest BCUT2D eigenvalue weighted by Crippen LogP contribution is -2.48. The standard InChI is InChI=1S/C11H14N2O3/c1-12-13(8-14)10(11(15)16)7-9-5-3-2-4-6-9/h2-6,8,10,12H,7H2,1H3,(H,15,16)/t10-/m0/s1. The molecule has 1 rings (SSSR count). The van der Waals surface area contributed by atoms with Gasteiger partial charge in [0.25, 0.3) is 0 Å². The number of hydrogen-bond donors (Lipinski definition) is 2. The Balaban J connectivity index is 2.80. The van der Waals surface area contributed by atoms with Gasteiger partial charge in [-0.15, -0.1) is 0 Å². The summed E-state index contributed by atoms with van der Waals surface area (Å²) in [5.41, 5.74) is 3.41. The highest BCUT2D eigenvalue weighted by Crippen LogP contribution is 2.06. The minimum Gasteiger partial charge on any atom is -0.480 e. The van der Waals surface area contributed by atoms with Crippen molar-refractivity contribution in [2.24, 2.45) is 0 Å². The molecule has 0 saturated heterocycles. The van der Waals surface area contributed by atoms with Crippen LogP contribution in [0.3, 0.4) is 0 Å². The van der Waals surface area contributed by atoms with Crippen LogP contribution in [-0.4, -0.2) is 35.6 Å². The zero-order valence-corrected chi connectivity index (χ0v) is 8.96. The van der Waals surface area contributed by atoms with Crippen molar-refractivity contribution in [3.8, 4) is 0 Å². The Hall–Kier alpha value is -1.88. The Morgan fingerprint density at radius 1 is 1.50 bits per heavy atom. The molecule has 0 fully saturated rings. The Kier molecular flexibility index (Phi) is 4.47. The Bertz CT molecular complexity index is 354. The largest absolute Gasteiger partial charge is 0.480 e. The van der Waals surface area contributed by atoms with Crippen LogP contribution in [0.1, 0.15) is 5.56 Å². The third kappa shape index (κ3) is 3.06. The number of carbonyl (C=O) groups is 2. The molecule has 0 aliphatic heterocycles. The molecule has 0 unspecified atom stereocenters. The van der Waals surface area contributed by atoms with E-state index in [1.54, 1.807) is 0 Å². The van der Waals surface area contributed by atoms with E-state index in [0.29, 0.717) is 6.41 Å². The number of carboxylic acid groups (broad SMARTS) is 1. The summed E-state index contributed by atoms with van der Waals surface area (Å²) in [6.45, 7) is 0. The molecule has 0 spiro atoms. The number of hydrogen-bond acceptors (Lipinski definition) is 3. The van der Waals surface area contributed by atoms with Gasteiger partial charge in [0.15, 0.2) is 0 Å². The first-order chi connectivity index (χ1) is 7.69. The maximum atomic E-state index is 11.0. The predicted molar refractivity (Wildman–Crippen MR) is 58.5 cm³/mol. The molecule has 0 aliphatic carbocycles. The van der Waals surface area contributed by atoms with Gasteiger partial charge in [-0.2, -0.15) is 0 Å². The molecule has 5 heteroatoms. The Labute approximate surface area is 93.7 Å². The normalized spacial score (nSPS) is 11.8. The molecule has 5 nitrogen and oxygen atoms in total. The third-order valence-corrected chi connectivity index (χ3v) is 2.26. The van der Waals surface area contributed by atoms with Crippen molar-refractivity contribution in [1.29, 1.82) is 0 Å². The van der Waals surface area contributed by atoms with Crippen molar-refractivity contribution in [3.05, 3.63) is 35.9 Å². The quantitative estimate of drug-likeness (QED) is 0.535. The number of nitrogens with zero attached hydrogens (tertiary/aromatic N) is 1. The monoisotopic (exact) mass is 222 g/mol. The van der Waals surface area contributed by atoms with E-state index in [-0.39, 0.29) is 6.42 Å². The smallest absolute Gasteiger partial charge is 0.328 e. The van der Waals surface area contributed by atoms with E-state index in [0.717, 1.165) is 10.6 Å². The van der Waals surface area contributed by atoms with Gasteiger partial charge in [-0.3, -0.25) is 9.80 Å². The average molecular weight is 222 g/mol. The molecule has 0 saturated carbocycles. The molecular formula is C11H14N2O3. The van der Waals surface area contributed by atoms with Crippen LogP contribution >= 0.6 is 0 Å². The van der Waals surface area contributed by atoms with Crippen molar-refractivity contribution in [2.75, 3.05) is 7.05 Å². The van der Waals surface area contributed by atoms with Crippen LogP contribution < -0.4 is 5.43 Å². The summed E-state index contributed by atoms with van der Waals surface area (Å²) in [7, 11) is 1.51. The molecule has 2 N–H and O–H groups in total. The number of aliphatic carboxylic acids is 1. The van der Waals surface area contributed by atoms with Crippen LogP contribution in [0.15, 0.2) is 30.3 Å². The maximum Gasteiger partial charge on any atom is 0.328 e. The number of nitrogens with one attached hydrogen (secondary N) is 1. The van der Waals surface area contributed by atoms with Crippen molar-refractivity contribution in [3.63, 3.8) is 0 Å². The molecule has 1 aromatic rings. The van der Waals surface area contributed by atoms with Crippen molar-refractivity contribution in [2.45, 2.75) is 12.5 Å². The van der Waals surface area contributed by atoms with Crippen LogP contribution in [0.4, 0.5) is 0 Å². The second-order valence-corrected chi connectivity index (χ2v) is 3.28. The Morgan fingerprint density at radius 3 is 2.56 bits per heavy atom. The van der Waals surface area contributed by atoms with Gasteiger partial charge in [-0.1, -0.05) is 30.3 Å².